The van der Waals surface area contributed by atoms with Gasteiger partial charge in [0.05, 0.1) is 25.6 Å². The third-order valence-corrected chi connectivity index (χ3v) is 6.46. The first-order valence-corrected chi connectivity index (χ1v) is 12.8. The zero-order chi connectivity index (χ0) is 23.6. The van der Waals surface area contributed by atoms with Crippen molar-refractivity contribution in [2.45, 2.75) is 89.4 Å². The number of carbonyl (C=O) groups excluding carboxylic acids is 1. The zero-order valence-electron chi connectivity index (χ0n) is 20.2. The molecule has 1 aromatic heterocycles. The van der Waals surface area contributed by atoms with Crippen LogP contribution in [-0.4, -0.2) is 41.0 Å². The number of rotatable bonds is 11. The molecule has 0 unspecified atom stereocenters. The Kier molecular flexibility index (Phi) is 8.88. The molecule has 0 N–H and O–H groups in total. The fraction of sp³-hybridized carbons (Fsp3) is 0.593. The van der Waals surface area contributed by atoms with Crippen molar-refractivity contribution in [3.8, 4) is 22.9 Å². The van der Waals surface area contributed by atoms with Crippen molar-refractivity contribution in [2.24, 2.45) is 0 Å². The van der Waals surface area contributed by atoms with E-state index in [1.807, 2.05) is 12.1 Å². The van der Waals surface area contributed by atoms with E-state index in [2.05, 4.69) is 16.9 Å². The fourth-order valence-electron chi connectivity index (χ4n) is 4.49. The maximum Gasteiger partial charge on any atom is 0.343 e. The molecule has 0 bridgehead atoms. The summed E-state index contributed by atoms with van der Waals surface area (Å²) in [5.41, 5.74) is 0.837. The van der Waals surface area contributed by atoms with Crippen molar-refractivity contribution >= 4 is 5.97 Å². The van der Waals surface area contributed by atoms with E-state index in [1.54, 1.807) is 24.5 Å². The number of esters is 1. The number of unbranched alkanes of at least 4 members (excludes halogenated alkanes) is 5. The van der Waals surface area contributed by atoms with Crippen LogP contribution in [0.25, 0.3) is 11.4 Å². The number of aromatic nitrogens is 2. The summed E-state index contributed by atoms with van der Waals surface area (Å²) in [4.78, 5) is 21.4. The minimum absolute atomic E-state index is 0.248. The summed E-state index contributed by atoms with van der Waals surface area (Å²) in [7, 11) is 0. The van der Waals surface area contributed by atoms with Gasteiger partial charge in [-0.05, 0) is 43.5 Å². The molecule has 2 aromatic rings. The molecule has 1 saturated carbocycles. The minimum atomic E-state index is -0.676. The molecule has 1 aromatic carbocycles. The van der Waals surface area contributed by atoms with Crippen LogP contribution < -0.4 is 9.47 Å². The summed E-state index contributed by atoms with van der Waals surface area (Å²) in [5, 5.41) is 0. The van der Waals surface area contributed by atoms with E-state index < -0.39 is 17.9 Å². The maximum absolute atomic E-state index is 12.5. The standard InChI is InChI=1S/C27H36N2O5/c1-2-3-4-5-6-10-17-31-23-18-28-25(29-19-23)21-11-13-22(14-12-21)33-26(30)24-20-32-27(34-24)15-8-7-9-16-27/h11-14,18-19,24H,2-10,15-17,20H2,1H3/t24-/m1/s1. The number of carbonyl (C=O) groups is 1. The molecule has 1 atom stereocenters. The first-order chi connectivity index (χ1) is 16.7. The van der Waals surface area contributed by atoms with E-state index >= 15 is 0 Å². The molecule has 0 amide bonds. The highest BCUT2D eigenvalue weighted by molar-refractivity contribution is 5.78. The zero-order valence-corrected chi connectivity index (χ0v) is 20.2. The second-order valence-corrected chi connectivity index (χ2v) is 9.19. The largest absolute Gasteiger partial charge is 0.490 e. The van der Waals surface area contributed by atoms with Crippen molar-refractivity contribution in [1.29, 1.82) is 0 Å². The van der Waals surface area contributed by atoms with E-state index in [0.717, 1.165) is 37.7 Å². The quantitative estimate of drug-likeness (QED) is 0.232. The Bertz CT molecular complexity index is 894. The van der Waals surface area contributed by atoms with Gasteiger partial charge < -0.3 is 18.9 Å². The maximum atomic E-state index is 12.5. The molecule has 2 heterocycles. The summed E-state index contributed by atoms with van der Waals surface area (Å²) in [6.45, 7) is 3.16. The van der Waals surface area contributed by atoms with E-state index in [1.165, 1.54) is 38.5 Å². The van der Waals surface area contributed by atoms with Gasteiger partial charge >= 0.3 is 5.97 Å². The van der Waals surface area contributed by atoms with E-state index in [-0.39, 0.29) is 6.61 Å². The van der Waals surface area contributed by atoms with E-state index in [9.17, 15) is 4.79 Å². The predicted molar refractivity (Wildman–Crippen MR) is 129 cm³/mol. The molecule has 0 radical (unpaired) electrons. The lowest BCUT2D eigenvalue weighted by Gasteiger charge is -2.31. The summed E-state index contributed by atoms with van der Waals surface area (Å²) < 4.78 is 23.1. The molecule has 2 aliphatic rings. The van der Waals surface area contributed by atoms with Gasteiger partial charge in [0.15, 0.2) is 23.5 Å². The smallest absolute Gasteiger partial charge is 0.343 e. The van der Waals surface area contributed by atoms with Gasteiger partial charge in [0.2, 0.25) is 0 Å². The predicted octanol–water partition coefficient (Wildman–Crippen LogP) is 5.86. The molecule has 2 fully saturated rings. The monoisotopic (exact) mass is 468 g/mol. The van der Waals surface area contributed by atoms with Crippen molar-refractivity contribution in [2.75, 3.05) is 13.2 Å². The summed E-state index contributed by atoms with van der Waals surface area (Å²) in [6, 6.07) is 7.16. The first-order valence-electron chi connectivity index (χ1n) is 12.8. The molecule has 1 aliphatic carbocycles. The highest BCUT2D eigenvalue weighted by atomic mass is 16.8. The van der Waals surface area contributed by atoms with Crippen LogP contribution in [0.3, 0.4) is 0 Å². The highest BCUT2D eigenvalue weighted by Crippen LogP contribution is 2.38. The normalized spacial score (nSPS) is 19.3. The summed E-state index contributed by atoms with van der Waals surface area (Å²) in [6.07, 6.45) is 15.1. The molecule has 7 heteroatoms. The Labute approximate surface area is 202 Å². The first kappa shape index (κ1) is 24.6. The van der Waals surface area contributed by atoms with Crippen molar-refractivity contribution < 1.29 is 23.7 Å². The van der Waals surface area contributed by atoms with Crippen LogP contribution in [0, 0.1) is 0 Å². The minimum Gasteiger partial charge on any atom is -0.490 e. The van der Waals surface area contributed by atoms with Crippen LogP contribution in [0.1, 0.15) is 77.6 Å². The van der Waals surface area contributed by atoms with Gasteiger partial charge in [-0.25, -0.2) is 14.8 Å². The van der Waals surface area contributed by atoms with Crippen LogP contribution in [-0.2, 0) is 14.3 Å². The van der Waals surface area contributed by atoms with E-state index in [4.69, 9.17) is 18.9 Å². The third kappa shape index (κ3) is 6.76. The molecule has 1 saturated heterocycles. The van der Waals surface area contributed by atoms with E-state index in [0.29, 0.717) is 23.9 Å². The summed E-state index contributed by atoms with van der Waals surface area (Å²) >= 11 is 0. The van der Waals surface area contributed by atoms with Gasteiger partial charge in [0, 0.05) is 18.4 Å². The Morgan fingerprint density at radius 1 is 0.971 bits per heavy atom. The molecule has 1 aliphatic heterocycles. The Balaban J connectivity index is 1.22. The SMILES string of the molecule is CCCCCCCCOc1cnc(-c2ccc(OC(=O)[C@H]3COC4(CCCCC4)O3)cc2)nc1. The highest BCUT2D eigenvalue weighted by Gasteiger charge is 2.45. The number of nitrogens with zero attached hydrogens (tertiary/aromatic N) is 2. The number of hydrogen-bond donors (Lipinski definition) is 0. The number of ether oxygens (including phenoxy) is 4. The van der Waals surface area contributed by atoms with Gasteiger partial charge in [-0.3, -0.25) is 0 Å². The Morgan fingerprint density at radius 2 is 1.68 bits per heavy atom. The van der Waals surface area contributed by atoms with Crippen LogP contribution in [0.2, 0.25) is 0 Å². The average molecular weight is 469 g/mol. The van der Waals surface area contributed by atoms with Crippen molar-refractivity contribution in [3.63, 3.8) is 0 Å². The van der Waals surface area contributed by atoms with Crippen LogP contribution in [0.15, 0.2) is 36.7 Å². The number of hydrogen-bond acceptors (Lipinski definition) is 7. The van der Waals surface area contributed by atoms with Gasteiger partial charge in [0.1, 0.15) is 5.75 Å². The van der Waals surface area contributed by atoms with Crippen molar-refractivity contribution in [3.05, 3.63) is 36.7 Å². The van der Waals surface area contributed by atoms with Crippen LogP contribution in [0.5, 0.6) is 11.5 Å². The molecule has 184 valence electrons. The number of benzene rings is 1. The van der Waals surface area contributed by atoms with Crippen LogP contribution >= 0.6 is 0 Å². The lowest BCUT2D eigenvalue weighted by Crippen LogP contribution is -2.35. The molecule has 34 heavy (non-hydrogen) atoms. The molecule has 1 spiro atoms. The molecular formula is C27H36N2O5. The van der Waals surface area contributed by atoms with Gasteiger partial charge in [-0.1, -0.05) is 45.4 Å². The second-order valence-electron chi connectivity index (χ2n) is 9.19. The molecule has 4 rings (SSSR count). The van der Waals surface area contributed by atoms with Gasteiger partial charge in [0.25, 0.3) is 0 Å². The lowest BCUT2D eigenvalue weighted by molar-refractivity contribution is -0.193. The average Bonchev–Trinajstić information content (AvgIpc) is 3.28. The van der Waals surface area contributed by atoms with Gasteiger partial charge in [-0.2, -0.15) is 0 Å². The van der Waals surface area contributed by atoms with Crippen LogP contribution in [0.4, 0.5) is 0 Å². The fourth-order valence-corrected chi connectivity index (χ4v) is 4.49. The van der Waals surface area contributed by atoms with Gasteiger partial charge in [-0.15, -0.1) is 0 Å². The topological polar surface area (TPSA) is 79.8 Å². The Morgan fingerprint density at radius 3 is 2.41 bits per heavy atom. The summed E-state index contributed by atoms with van der Waals surface area (Å²) in [5.74, 6) is 0.723. The molecular weight excluding hydrogens is 432 g/mol. The lowest BCUT2D eigenvalue weighted by atomic mass is 9.94. The Hall–Kier alpha value is -2.51. The second kappa shape index (κ2) is 12.3. The van der Waals surface area contributed by atoms with Crippen molar-refractivity contribution in [1.82, 2.24) is 9.97 Å². The molecule has 7 nitrogen and oxygen atoms in total. The third-order valence-electron chi connectivity index (χ3n) is 6.46.